The first kappa shape index (κ1) is 12.2. The van der Waals surface area contributed by atoms with E-state index in [1.807, 2.05) is 20.8 Å². The number of carbonyl (C=O) groups is 1. The van der Waals surface area contributed by atoms with Gasteiger partial charge in [-0.05, 0) is 20.8 Å². The molecule has 0 aliphatic heterocycles. The first-order valence-corrected chi connectivity index (χ1v) is 4.20. The molecular weight excluding hydrogens is 172 g/mol. The summed E-state index contributed by atoms with van der Waals surface area (Å²) in [5.74, 6) is 0. The van der Waals surface area contributed by atoms with Crippen LogP contribution in [0.15, 0.2) is 0 Å². The van der Waals surface area contributed by atoms with Crippen molar-refractivity contribution in [2.75, 3.05) is 13.2 Å². The molecule has 0 heterocycles. The minimum absolute atomic E-state index is 0.0540. The molecule has 0 aromatic heterocycles. The van der Waals surface area contributed by atoms with E-state index < -0.39 is 6.10 Å². The lowest BCUT2D eigenvalue weighted by atomic mass is 10.1. The Hall–Kier alpha value is -0.810. The maximum Gasteiger partial charge on any atom is 0.315 e. The second kappa shape index (κ2) is 5.04. The SMILES string of the molecule is CC(C)(C)NC(=O)NCC(O)CO. The molecule has 5 heteroatoms. The lowest BCUT2D eigenvalue weighted by Crippen LogP contribution is -2.48. The fraction of sp³-hybridized carbons (Fsp3) is 0.875. The Morgan fingerprint density at radius 1 is 1.46 bits per heavy atom. The van der Waals surface area contributed by atoms with Gasteiger partial charge in [0.15, 0.2) is 0 Å². The standard InChI is InChI=1S/C8H18N2O3/c1-8(2,3)10-7(13)9-4-6(12)5-11/h6,11-12H,4-5H2,1-3H3,(H2,9,10,13). The van der Waals surface area contributed by atoms with Crippen molar-refractivity contribution in [2.45, 2.75) is 32.4 Å². The zero-order valence-electron chi connectivity index (χ0n) is 8.29. The van der Waals surface area contributed by atoms with Gasteiger partial charge < -0.3 is 20.8 Å². The van der Waals surface area contributed by atoms with E-state index in [-0.39, 0.29) is 24.7 Å². The van der Waals surface area contributed by atoms with Crippen molar-refractivity contribution in [3.05, 3.63) is 0 Å². The van der Waals surface area contributed by atoms with Gasteiger partial charge in [-0.3, -0.25) is 0 Å². The smallest absolute Gasteiger partial charge is 0.315 e. The average Bonchev–Trinajstić information content (AvgIpc) is 1.97. The number of carbonyl (C=O) groups excluding carboxylic acids is 1. The van der Waals surface area contributed by atoms with Gasteiger partial charge in [0.1, 0.15) is 0 Å². The summed E-state index contributed by atoms with van der Waals surface area (Å²) in [7, 11) is 0. The summed E-state index contributed by atoms with van der Waals surface area (Å²) >= 11 is 0. The summed E-state index contributed by atoms with van der Waals surface area (Å²) in [6.07, 6.45) is -0.897. The number of urea groups is 1. The molecule has 4 N–H and O–H groups in total. The third kappa shape index (κ3) is 7.55. The monoisotopic (exact) mass is 190 g/mol. The Kier molecular flexibility index (Phi) is 4.72. The number of hydrogen-bond acceptors (Lipinski definition) is 3. The molecule has 0 aromatic carbocycles. The van der Waals surface area contributed by atoms with Gasteiger partial charge in [0, 0.05) is 12.1 Å². The molecule has 0 saturated heterocycles. The molecule has 0 aliphatic carbocycles. The molecule has 0 aromatic rings. The van der Waals surface area contributed by atoms with Crippen molar-refractivity contribution in [1.29, 1.82) is 0 Å². The van der Waals surface area contributed by atoms with Gasteiger partial charge in [-0.2, -0.15) is 0 Å². The summed E-state index contributed by atoms with van der Waals surface area (Å²) in [6, 6.07) is -0.347. The van der Waals surface area contributed by atoms with Crippen molar-refractivity contribution in [1.82, 2.24) is 10.6 Å². The van der Waals surface area contributed by atoms with E-state index in [9.17, 15) is 4.79 Å². The van der Waals surface area contributed by atoms with E-state index in [0.717, 1.165) is 0 Å². The number of aliphatic hydroxyl groups excluding tert-OH is 2. The third-order valence-electron chi connectivity index (χ3n) is 1.20. The highest BCUT2D eigenvalue weighted by Crippen LogP contribution is 1.97. The second-order valence-corrected chi connectivity index (χ2v) is 3.92. The Labute approximate surface area is 78.1 Å². The van der Waals surface area contributed by atoms with E-state index in [4.69, 9.17) is 10.2 Å². The zero-order valence-corrected chi connectivity index (χ0v) is 8.29. The van der Waals surface area contributed by atoms with Crippen LogP contribution in [-0.2, 0) is 0 Å². The fourth-order valence-corrected chi connectivity index (χ4v) is 0.660. The summed E-state index contributed by atoms with van der Waals surface area (Å²) in [5, 5.41) is 22.5. The summed E-state index contributed by atoms with van der Waals surface area (Å²) < 4.78 is 0. The first-order valence-electron chi connectivity index (χ1n) is 4.20. The van der Waals surface area contributed by atoms with Crippen LogP contribution in [0.2, 0.25) is 0 Å². The van der Waals surface area contributed by atoms with Crippen molar-refractivity contribution in [3.63, 3.8) is 0 Å². The molecule has 2 amide bonds. The molecule has 0 aliphatic rings. The number of nitrogens with one attached hydrogen (secondary N) is 2. The van der Waals surface area contributed by atoms with Crippen LogP contribution >= 0.6 is 0 Å². The summed E-state index contributed by atoms with van der Waals surface area (Å²) in [4.78, 5) is 11.1. The van der Waals surface area contributed by atoms with Crippen molar-refractivity contribution >= 4 is 6.03 Å². The molecule has 13 heavy (non-hydrogen) atoms. The quantitative estimate of drug-likeness (QED) is 0.481. The zero-order chi connectivity index (χ0) is 10.5. The minimum Gasteiger partial charge on any atom is -0.394 e. The lowest BCUT2D eigenvalue weighted by Gasteiger charge is -2.21. The Bertz CT molecular complexity index is 165. The maximum atomic E-state index is 11.1. The first-order chi connectivity index (χ1) is 5.85. The van der Waals surface area contributed by atoms with Crippen LogP contribution in [0.3, 0.4) is 0 Å². The van der Waals surface area contributed by atoms with Gasteiger partial charge in [0.2, 0.25) is 0 Å². The van der Waals surface area contributed by atoms with Gasteiger partial charge in [-0.1, -0.05) is 0 Å². The van der Waals surface area contributed by atoms with Gasteiger partial charge in [-0.25, -0.2) is 4.79 Å². The van der Waals surface area contributed by atoms with Crippen molar-refractivity contribution in [2.24, 2.45) is 0 Å². The van der Waals surface area contributed by atoms with Gasteiger partial charge in [0.05, 0.1) is 12.7 Å². The highest BCUT2D eigenvalue weighted by molar-refractivity contribution is 5.74. The van der Waals surface area contributed by atoms with Crippen LogP contribution in [0.5, 0.6) is 0 Å². The molecule has 0 bridgehead atoms. The molecule has 1 unspecified atom stereocenters. The molecule has 78 valence electrons. The van der Waals surface area contributed by atoms with E-state index in [2.05, 4.69) is 10.6 Å². The topological polar surface area (TPSA) is 81.6 Å². The minimum atomic E-state index is -0.897. The predicted octanol–water partition coefficient (Wildman–Crippen LogP) is -0.563. The van der Waals surface area contributed by atoms with E-state index in [1.54, 1.807) is 0 Å². The van der Waals surface area contributed by atoms with Crippen LogP contribution in [0.25, 0.3) is 0 Å². The maximum absolute atomic E-state index is 11.1. The Morgan fingerprint density at radius 3 is 2.38 bits per heavy atom. The van der Waals surface area contributed by atoms with Crippen LogP contribution in [0.4, 0.5) is 4.79 Å². The molecule has 0 rings (SSSR count). The average molecular weight is 190 g/mol. The van der Waals surface area contributed by atoms with Crippen LogP contribution in [-0.4, -0.2) is 41.0 Å². The van der Waals surface area contributed by atoms with E-state index in [0.29, 0.717) is 0 Å². The van der Waals surface area contributed by atoms with Crippen molar-refractivity contribution in [3.8, 4) is 0 Å². The Balaban J connectivity index is 3.64. The molecular formula is C8H18N2O3. The normalized spacial score (nSPS) is 13.6. The molecule has 0 saturated carbocycles. The van der Waals surface area contributed by atoms with E-state index >= 15 is 0 Å². The van der Waals surface area contributed by atoms with Crippen LogP contribution < -0.4 is 10.6 Å². The number of aliphatic hydroxyl groups is 2. The largest absolute Gasteiger partial charge is 0.394 e. The van der Waals surface area contributed by atoms with Crippen molar-refractivity contribution < 1.29 is 15.0 Å². The fourth-order valence-electron chi connectivity index (χ4n) is 0.660. The summed E-state index contributed by atoms with van der Waals surface area (Å²) in [5.41, 5.74) is -0.297. The van der Waals surface area contributed by atoms with Crippen LogP contribution in [0.1, 0.15) is 20.8 Å². The highest BCUT2D eigenvalue weighted by atomic mass is 16.3. The summed E-state index contributed by atoms with van der Waals surface area (Å²) in [6.45, 7) is 5.27. The van der Waals surface area contributed by atoms with Gasteiger partial charge >= 0.3 is 6.03 Å². The Morgan fingerprint density at radius 2 is 2.00 bits per heavy atom. The molecule has 0 fully saturated rings. The van der Waals surface area contributed by atoms with Crippen LogP contribution in [0, 0.1) is 0 Å². The molecule has 0 radical (unpaired) electrons. The molecule has 5 nitrogen and oxygen atoms in total. The number of rotatable bonds is 3. The second-order valence-electron chi connectivity index (χ2n) is 3.92. The molecule has 0 spiro atoms. The lowest BCUT2D eigenvalue weighted by molar-refractivity contribution is 0.0956. The van der Waals surface area contributed by atoms with Gasteiger partial charge in [0.25, 0.3) is 0 Å². The number of hydrogen-bond donors (Lipinski definition) is 4. The highest BCUT2D eigenvalue weighted by Gasteiger charge is 2.13. The third-order valence-corrected chi connectivity index (χ3v) is 1.20. The predicted molar refractivity (Wildman–Crippen MR) is 49.4 cm³/mol. The number of amides is 2. The van der Waals surface area contributed by atoms with Gasteiger partial charge in [-0.15, -0.1) is 0 Å². The van der Waals surface area contributed by atoms with E-state index in [1.165, 1.54) is 0 Å². The molecule has 1 atom stereocenters.